The quantitative estimate of drug-likeness (QED) is 0.195. The molecule has 0 bridgehead atoms. The second-order valence-corrected chi connectivity index (χ2v) is 9.64. The van der Waals surface area contributed by atoms with Crippen LogP contribution in [0.3, 0.4) is 0 Å². The van der Waals surface area contributed by atoms with E-state index in [0.29, 0.717) is 6.42 Å². The minimum Gasteiger partial charge on any atom is -0.480 e. The number of carbonyl (C=O) groups excluding carboxylic acids is 3. The molecule has 6 N–H and O–H groups in total. The van der Waals surface area contributed by atoms with Crippen molar-refractivity contribution in [2.75, 3.05) is 0 Å². The molecule has 2 rings (SSSR count). The standard InChI is InChI=1S/C26H35N5O5.BH2O2/c1-16(2)12-19(23(32)31-21(26(35)36)13-17(3)4)29-24(33)20(14-18-8-6-5-7-9-18)30-25(34)22-15-27-10-11-28-22;2-1-3/h5-11,15-17,19-21H,12-14H2,1-4H3,(H,29,33)(H,30,34)(H,31,32)(H,35,36);2-3H/t19-,20-,21-;/m0./s1. The number of carbonyl (C=O) groups is 4. The molecule has 39 heavy (non-hydrogen) atoms. The number of rotatable bonds is 13. The van der Waals surface area contributed by atoms with Crippen LogP contribution in [0.25, 0.3) is 0 Å². The third-order valence-electron chi connectivity index (χ3n) is 5.36. The summed E-state index contributed by atoms with van der Waals surface area (Å²) in [5.41, 5.74) is 0.864. The minimum absolute atomic E-state index is 0. The Hall–Kier alpha value is -3.84. The van der Waals surface area contributed by atoms with Crippen LogP contribution in [-0.4, -0.2) is 74.6 Å². The molecular weight excluding hydrogens is 505 g/mol. The van der Waals surface area contributed by atoms with Gasteiger partial charge in [-0.05, 0) is 30.2 Å². The molecule has 0 aliphatic rings. The zero-order valence-corrected chi connectivity index (χ0v) is 22.6. The van der Waals surface area contributed by atoms with Crippen molar-refractivity contribution in [2.24, 2.45) is 11.8 Å². The molecule has 2 aromatic rings. The lowest BCUT2D eigenvalue weighted by atomic mass is 9.99. The zero-order chi connectivity index (χ0) is 29.4. The van der Waals surface area contributed by atoms with E-state index in [1.54, 1.807) is 0 Å². The van der Waals surface area contributed by atoms with Crippen molar-refractivity contribution in [3.05, 3.63) is 60.2 Å². The Morgan fingerprint density at radius 3 is 1.87 bits per heavy atom. The van der Waals surface area contributed by atoms with Gasteiger partial charge in [0, 0.05) is 18.8 Å². The summed E-state index contributed by atoms with van der Waals surface area (Å²) in [5.74, 6) is -2.76. The predicted octanol–water partition coefficient (Wildman–Crippen LogP) is 0.469. The molecule has 0 saturated heterocycles. The van der Waals surface area contributed by atoms with Gasteiger partial charge in [-0.1, -0.05) is 58.0 Å². The molecule has 0 fully saturated rings. The fourth-order valence-electron chi connectivity index (χ4n) is 3.65. The van der Waals surface area contributed by atoms with Crippen LogP contribution >= 0.6 is 0 Å². The van der Waals surface area contributed by atoms with Gasteiger partial charge in [0.15, 0.2) is 0 Å². The maximum atomic E-state index is 13.3. The van der Waals surface area contributed by atoms with Crippen LogP contribution in [0.5, 0.6) is 0 Å². The van der Waals surface area contributed by atoms with E-state index in [0.717, 1.165) is 5.56 Å². The highest BCUT2D eigenvalue weighted by atomic mass is 16.4. The van der Waals surface area contributed by atoms with Crippen LogP contribution in [-0.2, 0) is 20.8 Å². The molecule has 1 radical (unpaired) electrons. The van der Waals surface area contributed by atoms with Gasteiger partial charge in [0.25, 0.3) is 5.91 Å². The van der Waals surface area contributed by atoms with Gasteiger partial charge in [-0.25, -0.2) is 9.78 Å². The number of hydrogen-bond donors (Lipinski definition) is 6. The molecule has 3 atom stereocenters. The first-order valence-electron chi connectivity index (χ1n) is 12.5. The lowest BCUT2D eigenvalue weighted by Gasteiger charge is -2.26. The van der Waals surface area contributed by atoms with E-state index in [1.807, 2.05) is 58.0 Å². The second-order valence-electron chi connectivity index (χ2n) is 9.64. The Morgan fingerprint density at radius 2 is 1.36 bits per heavy atom. The van der Waals surface area contributed by atoms with Gasteiger partial charge >= 0.3 is 13.7 Å². The maximum absolute atomic E-state index is 13.3. The smallest absolute Gasteiger partial charge is 0.480 e. The highest BCUT2D eigenvalue weighted by Gasteiger charge is 2.30. The highest BCUT2D eigenvalue weighted by molar-refractivity contribution is 6.13. The van der Waals surface area contributed by atoms with Crippen molar-refractivity contribution in [1.82, 2.24) is 25.9 Å². The number of hydrogen-bond acceptors (Lipinski definition) is 8. The second kappa shape index (κ2) is 17.6. The SMILES string of the molecule is CC(C)C[C@H](NC(=O)[C@H](CC(C)C)NC(=O)[C@H](Cc1ccccc1)NC(=O)c1cnccn1)C(=O)O.O[B]O. The van der Waals surface area contributed by atoms with E-state index in [4.69, 9.17) is 10.0 Å². The number of aliphatic carboxylic acids is 1. The van der Waals surface area contributed by atoms with Gasteiger partial charge in [-0.2, -0.15) is 0 Å². The van der Waals surface area contributed by atoms with Gasteiger partial charge in [0.1, 0.15) is 23.8 Å². The van der Waals surface area contributed by atoms with Crippen LogP contribution in [0.4, 0.5) is 0 Å². The van der Waals surface area contributed by atoms with Crippen molar-refractivity contribution in [3.8, 4) is 0 Å². The van der Waals surface area contributed by atoms with Crippen LogP contribution in [0.2, 0.25) is 0 Å². The lowest BCUT2D eigenvalue weighted by molar-refractivity contribution is -0.142. The molecule has 1 aromatic carbocycles. The van der Waals surface area contributed by atoms with Crippen LogP contribution < -0.4 is 16.0 Å². The lowest BCUT2D eigenvalue weighted by Crippen LogP contribution is -2.56. The first-order chi connectivity index (χ1) is 18.5. The Balaban J connectivity index is 0.00000242. The summed E-state index contributed by atoms with van der Waals surface area (Å²) in [7, 11) is 0. The van der Waals surface area contributed by atoms with Crippen molar-refractivity contribution in [2.45, 2.75) is 65.1 Å². The fourth-order valence-corrected chi connectivity index (χ4v) is 3.65. The summed E-state index contributed by atoms with van der Waals surface area (Å²) in [5, 5.41) is 31.5. The minimum atomic E-state index is -1.13. The molecular formula is C26H37BN5O7. The normalized spacial score (nSPS) is 12.8. The van der Waals surface area contributed by atoms with Crippen molar-refractivity contribution < 1.29 is 34.3 Å². The van der Waals surface area contributed by atoms with E-state index in [1.165, 1.54) is 18.6 Å². The van der Waals surface area contributed by atoms with Gasteiger partial charge in [-0.15, -0.1) is 0 Å². The average Bonchev–Trinajstić information content (AvgIpc) is 2.88. The highest BCUT2D eigenvalue weighted by Crippen LogP contribution is 2.11. The molecule has 0 aliphatic heterocycles. The van der Waals surface area contributed by atoms with E-state index < -0.39 is 41.8 Å². The number of carboxylic acid groups (broad SMARTS) is 1. The molecule has 0 unspecified atom stereocenters. The van der Waals surface area contributed by atoms with Crippen molar-refractivity contribution in [3.63, 3.8) is 0 Å². The zero-order valence-electron chi connectivity index (χ0n) is 22.6. The summed E-state index contributed by atoms with van der Waals surface area (Å²) in [6, 6.07) is 6.10. The van der Waals surface area contributed by atoms with Gasteiger partial charge in [-0.3, -0.25) is 19.4 Å². The molecule has 211 valence electrons. The van der Waals surface area contributed by atoms with Crippen LogP contribution in [0, 0.1) is 11.8 Å². The first kappa shape index (κ1) is 33.2. The molecule has 1 aromatic heterocycles. The number of amides is 3. The Labute approximate surface area is 229 Å². The average molecular weight is 542 g/mol. The fraction of sp³-hybridized carbons (Fsp3) is 0.462. The van der Waals surface area contributed by atoms with Crippen molar-refractivity contribution >= 4 is 31.4 Å². The maximum Gasteiger partial charge on any atom is 0.482 e. The number of aromatic nitrogens is 2. The summed E-state index contributed by atoms with van der Waals surface area (Å²) in [4.78, 5) is 58.6. The molecule has 0 aliphatic carbocycles. The first-order valence-corrected chi connectivity index (χ1v) is 12.5. The third kappa shape index (κ3) is 13.0. The molecule has 0 saturated carbocycles. The number of nitrogens with one attached hydrogen (secondary N) is 3. The Morgan fingerprint density at radius 1 is 0.821 bits per heavy atom. The van der Waals surface area contributed by atoms with E-state index in [-0.39, 0.29) is 38.1 Å². The summed E-state index contributed by atoms with van der Waals surface area (Å²) < 4.78 is 0. The Bertz CT molecular complexity index is 1040. The summed E-state index contributed by atoms with van der Waals surface area (Å²) in [6.45, 7) is 7.52. The molecule has 12 nitrogen and oxygen atoms in total. The topological polar surface area (TPSA) is 191 Å². The molecule has 3 amide bonds. The van der Waals surface area contributed by atoms with Crippen LogP contribution in [0.1, 0.15) is 56.6 Å². The monoisotopic (exact) mass is 542 g/mol. The third-order valence-corrected chi connectivity index (χ3v) is 5.36. The predicted molar refractivity (Wildman–Crippen MR) is 144 cm³/mol. The van der Waals surface area contributed by atoms with E-state index >= 15 is 0 Å². The van der Waals surface area contributed by atoms with E-state index in [2.05, 4.69) is 25.9 Å². The number of nitrogens with zero attached hydrogens (tertiary/aromatic N) is 2. The van der Waals surface area contributed by atoms with Gasteiger partial charge in [0.2, 0.25) is 11.8 Å². The summed E-state index contributed by atoms with van der Waals surface area (Å²) >= 11 is 0. The number of benzene rings is 1. The largest absolute Gasteiger partial charge is 0.482 e. The molecule has 0 spiro atoms. The molecule has 13 heteroatoms. The van der Waals surface area contributed by atoms with Gasteiger partial charge < -0.3 is 31.1 Å². The molecule has 1 heterocycles. The summed E-state index contributed by atoms with van der Waals surface area (Å²) in [6.07, 6.45) is 4.84. The number of carboxylic acids is 1. The van der Waals surface area contributed by atoms with E-state index in [9.17, 15) is 24.3 Å². The Kier molecular flexibility index (Phi) is 15.0. The van der Waals surface area contributed by atoms with Crippen LogP contribution in [0.15, 0.2) is 48.9 Å². The van der Waals surface area contributed by atoms with Gasteiger partial charge in [0.05, 0.1) is 6.20 Å². The van der Waals surface area contributed by atoms with Crippen molar-refractivity contribution in [1.29, 1.82) is 0 Å².